The van der Waals surface area contributed by atoms with Crippen molar-refractivity contribution in [3.8, 4) is 0 Å². The highest BCUT2D eigenvalue weighted by Crippen LogP contribution is 2.13. The van der Waals surface area contributed by atoms with Crippen molar-refractivity contribution >= 4 is 0 Å². The first-order valence-electron chi connectivity index (χ1n) is 8.27. The van der Waals surface area contributed by atoms with Crippen LogP contribution < -0.4 is 5.32 Å². The summed E-state index contributed by atoms with van der Waals surface area (Å²) < 4.78 is 5.40. The number of likely N-dealkylation sites (N-methyl/N-ethyl adjacent to an activating group) is 1. The first-order chi connectivity index (χ1) is 9.61. The fraction of sp³-hybridized carbons (Fsp3) is 1.00. The lowest BCUT2D eigenvalue weighted by Crippen LogP contribution is -2.46. The van der Waals surface area contributed by atoms with Crippen LogP contribution in [0.25, 0.3) is 0 Å². The zero-order chi connectivity index (χ0) is 15.3. The van der Waals surface area contributed by atoms with E-state index in [2.05, 4.69) is 31.0 Å². The minimum atomic E-state index is -0.113. The first-order valence-corrected chi connectivity index (χ1v) is 8.27. The minimum absolute atomic E-state index is 0.113. The van der Waals surface area contributed by atoms with Gasteiger partial charge in [-0.3, -0.25) is 0 Å². The van der Waals surface area contributed by atoms with E-state index in [1.165, 1.54) is 6.42 Å². The van der Waals surface area contributed by atoms with Crippen LogP contribution in [0.3, 0.4) is 0 Å². The number of hydrogen-bond acceptors (Lipinski definition) is 4. The number of nitrogens with zero attached hydrogens (tertiary/aromatic N) is 1. The summed E-state index contributed by atoms with van der Waals surface area (Å²) in [5, 5.41) is 13.0. The van der Waals surface area contributed by atoms with Gasteiger partial charge in [-0.25, -0.2) is 0 Å². The van der Waals surface area contributed by atoms with Crippen molar-refractivity contribution in [3.63, 3.8) is 0 Å². The summed E-state index contributed by atoms with van der Waals surface area (Å²) in [5.41, 5.74) is -0.113. The second kappa shape index (κ2) is 12.6. The maximum absolute atomic E-state index is 9.52. The van der Waals surface area contributed by atoms with Crippen LogP contribution in [0.4, 0.5) is 0 Å². The Morgan fingerprint density at radius 2 is 1.90 bits per heavy atom. The third-order valence-electron chi connectivity index (χ3n) is 3.81. The topological polar surface area (TPSA) is 44.7 Å². The SMILES string of the molecule is CCCNC(C)(CO)CCCCN(CC)CCOCC. The lowest BCUT2D eigenvalue weighted by Gasteiger charge is -2.29. The molecular weight excluding hydrogens is 252 g/mol. The number of unbranched alkanes of at least 4 members (excludes halogenated alkanes) is 1. The molecule has 0 aromatic heterocycles. The average molecular weight is 288 g/mol. The smallest absolute Gasteiger partial charge is 0.0610 e. The van der Waals surface area contributed by atoms with E-state index in [9.17, 15) is 5.11 Å². The molecule has 0 aromatic carbocycles. The van der Waals surface area contributed by atoms with E-state index >= 15 is 0 Å². The second-order valence-electron chi connectivity index (χ2n) is 5.73. The van der Waals surface area contributed by atoms with E-state index in [-0.39, 0.29) is 12.1 Å². The first kappa shape index (κ1) is 19.8. The Morgan fingerprint density at radius 1 is 1.15 bits per heavy atom. The molecule has 0 saturated heterocycles. The molecular formula is C16H36N2O2. The van der Waals surface area contributed by atoms with Crippen molar-refractivity contribution in [2.45, 2.75) is 58.9 Å². The fourth-order valence-corrected chi connectivity index (χ4v) is 2.27. The molecule has 0 aromatic rings. The van der Waals surface area contributed by atoms with Gasteiger partial charge in [0.2, 0.25) is 0 Å². The summed E-state index contributed by atoms with van der Waals surface area (Å²) in [7, 11) is 0. The lowest BCUT2D eigenvalue weighted by molar-refractivity contribution is 0.113. The van der Waals surface area contributed by atoms with E-state index < -0.39 is 0 Å². The summed E-state index contributed by atoms with van der Waals surface area (Å²) in [5.74, 6) is 0. The maximum atomic E-state index is 9.52. The van der Waals surface area contributed by atoms with E-state index in [0.29, 0.717) is 0 Å². The Morgan fingerprint density at radius 3 is 2.45 bits per heavy atom. The van der Waals surface area contributed by atoms with Gasteiger partial charge in [0.1, 0.15) is 0 Å². The molecule has 0 fully saturated rings. The Balaban J connectivity index is 3.79. The van der Waals surface area contributed by atoms with Crippen LogP contribution in [-0.4, -0.2) is 61.5 Å². The van der Waals surface area contributed by atoms with Gasteiger partial charge in [-0.05, 0) is 52.7 Å². The molecule has 0 rings (SSSR count). The minimum Gasteiger partial charge on any atom is -0.394 e. The van der Waals surface area contributed by atoms with Gasteiger partial charge in [0, 0.05) is 18.7 Å². The molecule has 20 heavy (non-hydrogen) atoms. The molecule has 0 spiro atoms. The molecule has 0 heterocycles. The number of nitrogens with one attached hydrogen (secondary N) is 1. The molecule has 1 unspecified atom stereocenters. The summed E-state index contributed by atoms with van der Waals surface area (Å²) in [6.07, 6.45) is 4.48. The molecule has 2 N–H and O–H groups in total. The van der Waals surface area contributed by atoms with E-state index in [1.807, 2.05) is 6.92 Å². The Labute approximate surface area is 125 Å². The maximum Gasteiger partial charge on any atom is 0.0610 e. The van der Waals surface area contributed by atoms with Crippen LogP contribution >= 0.6 is 0 Å². The molecule has 0 aliphatic carbocycles. The van der Waals surface area contributed by atoms with Gasteiger partial charge >= 0.3 is 0 Å². The highest BCUT2D eigenvalue weighted by atomic mass is 16.5. The molecule has 4 nitrogen and oxygen atoms in total. The molecule has 0 bridgehead atoms. The third kappa shape index (κ3) is 9.70. The van der Waals surface area contributed by atoms with Gasteiger partial charge in [-0.2, -0.15) is 0 Å². The number of aliphatic hydroxyl groups is 1. The number of aliphatic hydroxyl groups excluding tert-OH is 1. The molecule has 4 heteroatoms. The highest BCUT2D eigenvalue weighted by Gasteiger charge is 2.21. The van der Waals surface area contributed by atoms with Crippen molar-refractivity contribution in [1.29, 1.82) is 0 Å². The van der Waals surface area contributed by atoms with Crippen molar-refractivity contribution in [2.24, 2.45) is 0 Å². The van der Waals surface area contributed by atoms with E-state index in [0.717, 1.165) is 58.7 Å². The third-order valence-corrected chi connectivity index (χ3v) is 3.81. The van der Waals surface area contributed by atoms with E-state index in [1.54, 1.807) is 0 Å². The normalized spacial score (nSPS) is 14.7. The quantitative estimate of drug-likeness (QED) is 0.481. The summed E-state index contributed by atoms with van der Waals surface area (Å²) in [6, 6.07) is 0. The molecule has 0 radical (unpaired) electrons. The Bertz CT molecular complexity index is 215. The lowest BCUT2D eigenvalue weighted by atomic mass is 9.95. The van der Waals surface area contributed by atoms with Crippen molar-refractivity contribution < 1.29 is 9.84 Å². The van der Waals surface area contributed by atoms with Crippen molar-refractivity contribution in [3.05, 3.63) is 0 Å². The van der Waals surface area contributed by atoms with Crippen LogP contribution in [0.15, 0.2) is 0 Å². The van der Waals surface area contributed by atoms with Crippen LogP contribution in [0, 0.1) is 0 Å². The molecule has 0 aliphatic heterocycles. The van der Waals surface area contributed by atoms with Gasteiger partial charge in [-0.15, -0.1) is 0 Å². The van der Waals surface area contributed by atoms with Crippen LogP contribution in [0.2, 0.25) is 0 Å². The molecule has 0 amide bonds. The second-order valence-corrected chi connectivity index (χ2v) is 5.73. The average Bonchev–Trinajstić information content (AvgIpc) is 2.47. The van der Waals surface area contributed by atoms with Gasteiger partial charge < -0.3 is 20.1 Å². The molecule has 1 atom stereocenters. The van der Waals surface area contributed by atoms with Gasteiger partial charge in [0.15, 0.2) is 0 Å². The highest BCUT2D eigenvalue weighted by molar-refractivity contribution is 4.81. The summed E-state index contributed by atoms with van der Waals surface area (Å²) in [4.78, 5) is 2.44. The molecule has 0 aliphatic rings. The van der Waals surface area contributed by atoms with Crippen molar-refractivity contribution in [1.82, 2.24) is 10.2 Å². The Kier molecular flexibility index (Phi) is 12.5. The van der Waals surface area contributed by atoms with Crippen LogP contribution in [0.5, 0.6) is 0 Å². The van der Waals surface area contributed by atoms with Crippen molar-refractivity contribution in [2.75, 3.05) is 46.0 Å². The van der Waals surface area contributed by atoms with Crippen LogP contribution in [-0.2, 0) is 4.74 Å². The summed E-state index contributed by atoms with van der Waals surface area (Å²) in [6.45, 7) is 14.6. The number of ether oxygens (including phenoxy) is 1. The number of rotatable bonds is 14. The Hall–Kier alpha value is -0.160. The van der Waals surface area contributed by atoms with Crippen LogP contribution in [0.1, 0.15) is 53.4 Å². The van der Waals surface area contributed by atoms with Gasteiger partial charge in [0.05, 0.1) is 13.2 Å². The predicted octanol–water partition coefficient (Wildman–Crippen LogP) is 2.27. The predicted molar refractivity (Wildman–Crippen MR) is 86.2 cm³/mol. The van der Waals surface area contributed by atoms with Gasteiger partial charge in [0.25, 0.3) is 0 Å². The fourth-order valence-electron chi connectivity index (χ4n) is 2.27. The zero-order valence-corrected chi connectivity index (χ0v) is 14.1. The summed E-state index contributed by atoms with van der Waals surface area (Å²) >= 11 is 0. The molecule has 122 valence electrons. The largest absolute Gasteiger partial charge is 0.394 e. The molecule has 0 saturated carbocycles. The monoisotopic (exact) mass is 288 g/mol. The van der Waals surface area contributed by atoms with E-state index in [4.69, 9.17) is 4.74 Å². The number of hydrogen-bond donors (Lipinski definition) is 2. The standard InChI is InChI=1S/C16H36N2O2/c1-5-11-17-16(4,15-19)10-8-9-12-18(6-2)13-14-20-7-3/h17,19H,5-15H2,1-4H3. The van der Waals surface area contributed by atoms with Gasteiger partial charge in [-0.1, -0.05) is 20.3 Å². The zero-order valence-electron chi connectivity index (χ0n) is 14.1.